The molecule has 0 unspecified atom stereocenters. The Bertz CT molecular complexity index is 1430. The second-order valence-corrected chi connectivity index (χ2v) is 9.80. The highest BCUT2D eigenvalue weighted by Gasteiger charge is 2.39. The highest BCUT2D eigenvalue weighted by molar-refractivity contribution is 6.05. The molecule has 10 heteroatoms. The molecule has 0 radical (unpaired) electrons. The summed E-state index contributed by atoms with van der Waals surface area (Å²) in [6, 6.07) is 17.3. The monoisotopic (exact) mass is 547 g/mol. The molecule has 2 aliphatic heterocycles. The zero-order valence-electron chi connectivity index (χ0n) is 22.2. The van der Waals surface area contributed by atoms with E-state index < -0.39 is 17.8 Å². The highest BCUT2D eigenvalue weighted by atomic mass is 19.1. The first kappa shape index (κ1) is 27.1. The van der Waals surface area contributed by atoms with Crippen LogP contribution >= 0.6 is 0 Å². The van der Waals surface area contributed by atoms with E-state index in [0.29, 0.717) is 35.7 Å². The summed E-state index contributed by atoms with van der Waals surface area (Å²) in [5.74, 6) is -0.722. The van der Waals surface area contributed by atoms with Crippen molar-refractivity contribution < 1.29 is 33.0 Å². The Balaban J connectivity index is 1.25. The van der Waals surface area contributed by atoms with Gasteiger partial charge in [-0.2, -0.15) is 0 Å². The van der Waals surface area contributed by atoms with E-state index >= 15 is 0 Å². The highest BCUT2D eigenvalue weighted by Crippen LogP contribution is 2.33. The van der Waals surface area contributed by atoms with E-state index in [-0.39, 0.29) is 48.1 Å². The predicted molar refractivity (Wildman–Crippen MR) is 146 cm³/mol. The summed E-state index contributed by atoms with van der Waals surface area (Å²) in [6.45, 7) is 0.185. The summed E-state index contributed by atoms with van der Waals surface area (Å²) in [4.78, 5) is 40.3. The van der Waals surface area contributed by atoms with Crippen LogP contribution in [0.2, 0.25) is 0 Å². The van der Waals surface area contributed by atoms with Gasteiger partial charge in [0.2, 0.25) is 5.91 Å². The van der Waals surface area contributed by atoms with Crippen LogP contribution in [0, 0.1) is 5.82 Å². The number of nitrogens with one attached hydrogen (secondary N) is 2. The lowest BCUT2D eigenvalue weighted by atomic mass is 9.94. The van der Waals surface area contributed by atoms with Crippen LogP contribution < -0.4 is 20.1 Å². The van der Waals surface area contributed by atoms with Crippen molar-refractivity contribution in [3.8, 4) is 11.5 Å². The molecular weight excluding hydrogens is 517 g/mol. The van der Waals surface area contributed by atoms with Gasteiger partial charge >= 0.3 is 0 Å². The summed E-state index contributed by atoms with van der Waals surface area (Å²) in [6.07, 6.45) is 0.641. The van der Waals surface area contributed by atoms with Crippen molar-refractivity contribution in [3.63, 3.8) is 0 Å². The molecule has 208 valence electrons. The number of rotatable bonds is 6. The number of amides is 3. The van der Waals surface area contributed by atoms with E-state index in [4.69, 9.17) is 14.2 Å². The molecule has 0 bridgehead atoms. The fourth-order valence-electron chi connectivity index (χ4n) is 5.07. The molecule has 2 N–H and O–H groups in total. The lowest BCUT2D eigenvalue weighted by Crippen LogP contribution is -2.53. The molecule has 0 spiro atoms. The Hall–Kier alpha value is -4.44. The zero-order chi connectivity index (χ0) is 28.2. The van der Waals surface area contributed by atoms with E-state index in [1.54, 1.807) is 61.5 Å². The molecule has 3 aromatic rings. The number of hydrogen-bond acceptors (Lipinski definition) is 6. The van der Waals surface area contributed by atoms with Crippen molar-refractivity contribution in [2.24, 2.45) is 0 Å². The number of hydrogen-bond donors (Lipinski definition) is 2. The molecule has 3 amide bonds. The largest absolute Gasteiger partial charge is 0.497 e. The molecule has 0 aromatic heterocycles. The molecule has 0 aliphatic carbocycles. The second kappa shape index (κ2) is 11.7. The van der Waals surface area contributed by atoms with Gasteiger partial charge in [0.1, 0.15) is 30.0 Å². The minimum Gasteiger partial charge on any atom is -0.497 e. The van der Waals surface area contributed by atoms with Crippen molar-refractivity contribution in [2.75, 3.05) is 31.4 Å². The molecule has 1 fully saturated rings. The Labute approximate surface area is 231 Å². The standard InChI is InChI=1S/C30H30FN3O6/c1-34-25-12-11-21(16-28(35)32-18-6-5-7-20(14-18)38-2)40-27(25)17-39-26-13-10-19(15-23(26)30(34)37)33-29(36)22-8-3-4-9-24(22)31/h3-10,13-15,21,25,27H,11-12,16-17H2,1-2H3,(H,32,35)(H,33,36)/t21-,25+,27-/m1/s1. The molecule has 40 heavy (non-hydrogen) atoms. The molecule has 3 aromatic carbocycles. The third-order valence-corrected chi connectivity index (χ3v) is 7.15. The van der Waals surface area contributed by atoms with Gasteiger partial charge in [0, 0.05) is 24.5 Å². The molecule has 5 rings (SSSR count). The van der Waals surface area contributed by atoms with E-state index in [0.717, 1.165) is 0 Å². The van der Waals surface area contributed by atoms with Gasteiger partial charge in [0.05, 0.1) is 36.8 Å². The Morgan fingerprint density at radius 2 is 1.82 bits per heavy atom. The van der Waals surface area contributed by atoms with Gasteiger partial charge in [0.25, 0.3) is 11.8 Å². The van der Waals surface area contributed by atoms with Gasteiger partial charge in [-0.15, -0.1) is 0 Å². The number of nitrogens with zero attached hydrogens (tertiary/aromatic N) is 1. The molecular formula is C30H30FN3O6. The Morgan fingerprint density at radius 1 is 1.02 bits per heavy atom. The molecule has 3 atom stereocenters. The van der Waals surface area contributed by atoms with Gasteiger partial charge in [0.15, 0.2) is 0 Å². The van der Waals surface area contributed by atoms with Gasteiger partial charge < -0.3 is 29.7 Å². The lowest BCUT2D eigenvalue weighted by Gasteiger charge is -2.42. The van der Waals surface area contributed by atoms with E-state index in [1.807, 2.05) is 0 Å². The zero-order valence-corrected chi connectivity index (χ0v) is 22.2. The minimum atomic E-state index is -0.634. The van der Waals surface area contributed by atoms with Crippen LogP contribution in [0.3, 0.4) is 0 Å². The minimum absolute atomic E-state index is 0.0946. The van der Waals surface area contributed by atoms with Crippen molar-refractivity contribution in [3.05, 3.63) is 83.7 Å². The Morgan fingerprint density at radius 3 is 2.62 bits per heavy atom. The summed E-state index contributed by atoms with van der Waals surface area (Å²) < 4.78 is 31.5. The maximum absolute atomic E-state index is 14.0. The number of halogens is 1. The number of anilines is 2. The predicted octanol–water partition coefficient (Wildman–Crippen LogP) is 4.50. The van der Waals surface area contributed by atoms with E-state index in [1.165, 1.54) is 24.3 Å². The van der Waals surface area contributed by atoms with Gasteiger partial charge in [-0.3, -0.25) is 14.4 Å². The molecule has 1 saturated heterocycles. The number of carbonyl (C=O) groups excluding carboxylic acids is 3. The number of carbonyl (C=O) groups is 3. The summed E-state index contributed by atoms with van der Waals surface area (Å²) in [7, 11) is 3.27. The quantitative estimate of drug-likeness (QED) is 0.471. The number of fused-ring (bicyclic) bond motifs is 2. The average molecular weight is 548 g/mol. The maximum Gasteiger partial charge on any atom is 0.258 e. The first-order valence-corrected chi connectivity index (χ1v) is 13.0. The normalized spacial score (nSPS) is 20.2. The summed E-state index contributed by atoms with van der Waals surface area (Å²) in [5, 5.41) is 5.52. The third-order valence-electron chi connectivity index (χ3n) is 7.15. The van der Waals surface area contributed by atoms with Crippen LogP contribution in [0.1, 0.15) is 40.0 Å². The van der Waals surface area contributed by atoms with Gasteiger partial charge in [-0.1, -0.05) is 18.2 Å². The van der Waals surface area contributed by atoms with Crippen LogP contribution in [0.4, 0.5) is 15.8 Å². The summed E-state index contributed by atoms with van der Waals surface area (Å²) in [5.41, 5.74) is 1.17. The lowest BCUT2D eigenvalue weighted by molar-refractivity contribution is -0.130. The fourth-order valence-corrected chi connectivity index (χ4v) is 5.07. The molecule has 9 nitrogen and oxygen atoms in total. The number of likely N-dealkylation sites (N-methyl/N-ethyl adjacent to an activating group) is 1. The van der Waals surface area contributed by atoms with Crippen molar-refractivity contribution in [1.29, 1.82) is 0 Å². The number of methoxy groups -OCH3 is 1. The molecule has 2 heterocycles. The van der Waals surface area contributed by atoms with Crippen molar-refractivity contribution in [2.45, 2.75) is 37.5 Å². The fraction of sp³-hybridized carbons (Fsp3) is 0.300. The smallest absolute Gasteiger partial charge is 0.258 e. The van der Waals surface area contributed by atoms with Crippen LogP contribution in [0.5, 0.6) is 11.5 Å². The Kier molecular flexibility index (Phi) is 7.97. The van der Waals surface area contributed by atoms with E-state index in [2.05, 4.69) is 10.6 Å². The van der Waals surface area contributed by atoms with Crippen molar-refractivity contribution in [1.82, 2.24) is 4.90 Å². The SMILES string of the molecule is COc1cccc(NC(=O)C[C@H]2CC[C@H]3[C@@H](COc4ccc(NC(=O)c5ccccc5F)cc4C(=O)N3C)O2)c1. The van der Waals surface area contributed by atoms with Crippen LogP contribution in [-0.4, -0.2) is 61.6 Å². The van der Waals surface area contributed by atoms with Crippen molar-refractivity contribution >= 4 is 29.1 Å². The van der Waals surface area contributed by atoms with Crippen LogP contribution in [-0.2, 0) is 9.53 Å². The topological polar surface area (TPSA) is 106 Å². The van der Waals surface area contributed by atoms with Crippen LogP contribution in [0.15, 0.2) is 66.7 Å². The van der Waals surface area contributed by atoms with Gasteiger partial charge in [-0.25, -0.2) is 4.39 Å². The first-order valence-electron chi connectivity index (χ1n) is 13.0. The third kappa shape index (κ3) is 5.91. The average Bonchev–Trinajstić information content (AvgIpc) is 2.95. The number of benzene rings is 3. The maximum atomic E-state index is 14.0. The first-order chi connectivity index (χ1) is 19.3. The summed E-state index contributed by atoms with van der Waals surface area (Å²) >= 11 is 0. The number of ether oxygens (including phenoxy) is 3. The molecule has 2 aliphatic rings. The molecule has 0 saturated carbocycles. The van der Waals surface area contributed by atoms with Gasteiger partial charge in [-0.05, 0) is 55.3 Å². The van der Waals surface area contributed by atoms with E-state index in [9.17, 15) is 18.8 Å². The van der Waals surface area contributed by atoms with Crippen LogP contribution in [0.25, 0.3) is 0 Å². The second-order valence-electron chi connectivity index (χ2n) is 9.80.